The van der Waals surface area contributed by atoms with Gasteiger partial charge in [0.1, 0.15) is 5.69 Å². The normalized spacial score (nSPS) is 12.0. The summed E-state index contributed by atoms with van der Waals surface area (Å²) in [6.45, 7) is 0. The molecule has 0 spiro atoms. The van der Waals surface area contributed by atoms with E-state index in [-0.39, 0.29) is 11.3 Å². The molecule has 0 fully saturated rings. The van der Waals surface area contributed by atoms with Crippen LogP contribution in [0.1, 0.15) is 21.7 Å². The molecular formula is C18H13Cl3FN3O. The number of rotatable bonds is 4. The maximum absolute atomic E-state index is 13.5. The summed E-state index contributed by atoms with van der Waals surface area (Å²) in [5.74, 6) is -0.510. The minimum atomic E-state index is -1.87. The average molecular weight is 413 g/mol. The molecule has 0 saturated heterocycles. The van der Waals surface area contributed by atoms with E-state index in [1.165, 1.54) is 10.9 Å². The molecule has 26 heavy (non-hydrogen) atoms. The molecule has 3 aromatic rings. The number of anilines is 1. The Labute approximate surface area is 164 Å². The van der Waals surface area contributed by atoms with Crippen molar-refractivity contribution in [2.75, 3.05) is 5.32 Å². The summed E-state index contributed by atoms with van der Waals surface area (Å²) >= 11 is 17.5. The topological polar surface area (TPSA) is 46.9 Å². The Morgan fingerprint density at radius 3 is 2.62 bits per heavy atom. The maximum atomic E-state index is 13.5. The van der Waals surface area contributed by atoms with Crippen LogP contribution in [0, 0.1) is 0 Å². The molecule has 134 valence electrons. The van der Waals surface area contributed by atoms with Crippen molar-refractivity contribution < 1.29 is 9.18 Å². The van der Waals surface area contributed by atoms with E-state index in [1.54, 1.807) is 37.4 Å². The van der Waals surface area contributed by atoms with Gasteiger partial charge < -0.3 is 5.32 Å². The van der Waals surface area contributed by atoms with Crippen LogP contribution in [-0.4, -0.2) is 15.7 Å². The number of carbonyl (C=O) groups excluding carboxylic acids is 1. The number of benzene rings is 2. The Morgan fingerprint density at radius 2 is 1.92 bits per heavy atom. The molecule has 8 heteroatoms. The number of aromatic nitrogens is 2. The number of amides is 1. The van der Waals surface area contributed by atoms with Crippen molar-refractivity contribution in [3.05, 3.63) is 70.0 Å². The maximum Gasteiger partial charge on any atom is 0.259 e. The first-order valence-electron chi connectivity index (χ1n) is 7.54. The lowest BCUT2D eigenvalue weighted by Gasteiger charge is -2.12. The predicted octanol–water partition coefficient (Wildman–Crippen LogP) is 5.85. The lowest BCUT2D eigenvalue weighted by Crippen LogP contribution is -2.14. The molecule has 1 amide bonds. The second-order valence-corrected chi connectivity index (χ2v) is 6.73. The number of para-hydroxylation sites is 1. The van der Waals surface area contributed by atoms with Crippen molar-refractivity contribution in [2.24, 2.45) is 7.05 Å². The average Bonchev–Trinajstić information content (AvgIpc) is 3.00. The summed E-state index contributed by atoms with van der Waals surface area (Å²) in [6, 6.07) is 12.4. The summed E-state index contributed by atoms with van der Waals surface area (Å²) in [7, 11) is 1.59. The van der Waals surface area contributed by atoms with Gasteiger partial charge in [0.15, 0.2) is 0 Å². The van der Waals surface area contributed by atoms with Gasteiger partial charge >= 0.3 is 0 Å². The van der Waals surface area contributed by atoms with Gasteiger partial charge in [-0.15, -0.1) is 0 Å². The number of aryl methyl sites for hydroxylation is 1. The zero-order valence-corrected chi connectivity index (χ0v) is 15.8. The fourth-order valence-electron chi connectivity index (χ4n) is 2.54. The molecule has 4 nitrogen and oxygen atoms in total. The number of halogens is 4. The highest BCUT2D eigenvalue weighted by Crippen LogP contribution is 2.33. The van der Waals surface area contributed by atoms with Gasteiger partial charge in [-0.05, 0) is 23.8 Å². The van der Waals surface area contributed by atoms with Crippen molar-refractivity contribution in [3.8, 4) is 11.1 Å². The number of alkyl halides is 2. The zero-order chi connectivity index (χ0) is 18.8. The highest BCUT2D eigenvalue weighted by atomic mass is 35.5. The summed E-state index contributed by atoms with van der Waals surface area (Å²) in [5.41, 5.74) is 0.130. The van der Waals surface area contributed by atoms with Gasteiger partial charge in [0.05, 0.1) is 15.6 Å². The van der Waals surface area contributed by atoms with Gasteiger partial charge in [-0.3, -0.25) is 9.48 Å². The second kappa shape index (κ2) is 7.66. The van der Waals surface area contributed by atoms with Crippen LogP contribution in [0.4, 0.5) is 10.1 Å². The molecule has 3 rings (SSSR count). The largest absolute Gasteiger partial charge is 0.321 e. The molecule has 2 aromatic carbocycles. The Hall–Kier alpha value is -2.08. The summed E-state index contributed by atoms with van der Waals surface area (Å²) < 4.78 is 14.9. The molecule has 0 bridgehead atoms. The molecule has 1 atom stereocenters. The van der Waals surface area contributed by atoms with Crippen molar-refractivity contribution in [1.82, 2.24) is 9.78 Å². The van der Waals surface area contributed by atoms with Crippen LogP contribution in [-0.2, 0) is 7.05 Å². The summed E-state index contributed by atoms with van der Waals surface area (Å²) in [5, 5.41) is 7.51. The van der Waals surface area contributed by atoms with Crippen LogP contribution >= 0.6 is 34.8 Å². The molecular weight excluding hydrogens is 400 g/mol. The molecule has 0 aliphatic heterocycles. The Kier molecular flexibility index (Phi) is 5.51. The van der Waals surface area contributed by atoms with E-state index in [1.807, 2.05) is 12.1 Å². The van der Waals surface area contributed by atoms with Crippen molar-refractivity contribution in [3.63, 3.8) is 0 Å². The first-order chi connectivity index (χ1) is 12.4. The molecule has 0 saturated carbocycles. The van der Waals surface area contributed by atoms with E-state index >= 15 is 0 Å². The fourth-order valence-corrected chi connectivity index (χ4v) is 3.00. The Morgan fingerprint density at radius 1 is 1.19 bits per heavy atom. The van der Waals surface area contributed by atoms with Gasteiger partial charge in [0.2, 0.25) is 5.63 Å². The summed E-state index contributed by atoms with van der Waals surface area (Å²) in [6.07, 6.45) is 1.42. The lowest BCUT2D eigenvalue weighted by atomic mass is 10.0. The molecule has 0 radical (unpaired) electrons. The van der Waals surface area contributed by atoms with Crippen LogP contribution in [0.3, 0.4) is 0 Å². The van der Waals surface area contributed by atoms with E-state index in [2.05, 4.69) is 10.4 Å². The quantitative estimate of drug-likeness (QED) is 0.546. The monoisotopic (exact) mass is 411 g/mol. The first kappa shape index (κ1) is 18.7. The number of nitrogens with zero attached hydrogens (tertiary/aromatic N) is 2. The highest BCUT2D eigenvalue weighted by Gasteiger charge is 2.22. The lowest BCUT2D eigenvalue weighted by molar-refractivity contribution is 0.102. The number of carbonyl (C=O) groups is 1. The Balaban J connectivity index is 1.96. The van der Waals surface area contributed by atoms with Crippen molar-refractivity contribution in [1.29, 1.82) is 0 Å². The third kappa shape index (κ3) is 3.85. The summed E-state index contributed by atoms with van der Waals surface area (Å²) in [4.78, 5) is 12.6. The molecule has 1 aromatic heterocycles. The third-order valence-corrected chi connectivity index (χ3v) is 4.66. The van der Waals surface area contributed by atoms with E-state index in [4.69, 9.17) is 34.8 Å². The molecule has 0 aliphatic carbocycles. The number of nitrogens with one attached hydrogen (secondary N) is 1. The predicted molar refractivity (Wildman–Crippen MR) is 103 cm³/mol. The van der Waals surface area contributed by atoms with Crippen LogP contribution in [0.15, 0.2) is 48.7 Å². The minimum absolute atomic E-state index is 0.0685. The molecule has 0 aliphatic rings. The molecule has 1 N–H and O–H groups in total. The smallest absolute Gasteiger partial charge is 0.259 e. The van der Waals surface area contributed by atoms with E-state index in [0.29, 0.717) is 15.7 Å². The number of hydrogen-bond donors (Lipinski definition) is 1. The second-order valence-electron chi connectivity index (χ2n) is 5.53. The third-order valence-electron chi connectivity index (χ3n) is 3.71. The van der Waals surface area contributed by atoms with E-state index in [9.17, 15) is 9.18 Å². The van der Waals surface area contributed by atoms with Gasteiger partial charge in [-0.25, -0.2) is 4.39 Å². The van der Waals surface area contributed by atoms with Crippen LogP contribution in [0.2, 0.25) is 10.0 Å². The minimum Gasteiger partial charge on any atom is -0.321 e. The van der Waals surface area contributed by atoms with Crippen LogP contribution in [0.25, 0.3) is 11.1 Å². The molecule has 1 unspecified atom stereocenters. The van der Waals surface area contributed by atoms with Gasteiger partial charge in [0.25, 0.3) is 5.91 Å². The van der Waals surface area contributed by atoms with Crippen LogP contribution < -0.4 is 5.32 Å². The fraction of sp³-hybridized carbons (Fsp3) is 0.111. The van der Waals surface area contributed by atoms with Crippen LogP contribution in [0.5, 0.6) is 0 Å². The highest BCUT2D eigenvalue weighted by molar-refractivity contribution is 6.42. The van der Waals surface area contributed by atoms with Gasteiger partial charge in [0, 0.05) is 24.5 Å². The zero-order valence-electron chi connectivity index (χ0n) is 13.5. The van der Waals surface area contributed by atoms with Gasteiger partial charge in [-0.2, -0.15) is 5.10 Å². The number of hydrogen-bond acceptors (Lipinski definition) is 2. The van der Waals surface area contributed by atoms with E-state index < -0.39 is 11.5 Å². The van der Waals surface area contributed by atoms with Gasteiger partial charge in [-0.1, -0.05) is 59.1 Å². The first-order valence-corrected chi connectivity index (χ1v) is 8.73. The molecule has 1 heterocycles. The van der Waals surface area contributed by atoms with E-state index in [0.717, 1.165) is 11.1 Å². The SMILES string of the molecule is Cn1cc(C(=O)Nc2ccccc2-c2ccc(Cl)c(Cl)c2)c(C(F)Cl)n1. The standard InChI is InChI=1S/C18H13Cl3FN3O/c1-25-9-12(16(24-25)17(21)22)18(26)23-15-5-3-2-4-11(15)10-6-7-13(19)14(20)8-10/h2-9,17H,1H3,(H,23,26). The Bertz CT molecular complexity index is 972. The van der Waals surface area contributed by atoms with Crippen molar-refractivity contribution >= 4 is 46.4 Å². The van der Waals surface area contributed by atoms with Crippen molar-refractivity contribution in [2.45, 2.75) is 5.63 Å².